The zero-order valence-corrected chi connectivity index (χ0v) is 15.8. The number of anilines is 1. The number of carbonyl (C=O) groups is 1. The van der Waals surface area contributed by atoms with E-state index in [9.17, 15) is 4.79 Å². The Morgan fingerprint density at radius 2 is 2.09 bits per heavy atom. The van der Waals surface area contributed by atoms with Crippen LogP contribution in [0, 0.1) is 11.8 Å². The van der Waals surface area contributed by atoms with Gasteiger partial charge in [-0.2, -0.15) is 0 Å². The average molecular weight is 430 g/mol. The number of Topliss-reactive ketones (excluding diaryl/α,β-unsaturated/α-hetero) is 1. The molecule has 1 fully saturated rings. The first-order valence-corrected chi connectivity index (χ1v) is 10.7. The van der Waals surface area contributed by atoms with E-state index in [1.807, 2.05) is 18.3 Å². The first kappa shape index (κ1) is 18.4. The van der Waals surface area contributed by atoms with Crippen LogP contribution in [0.1, 0.15) is 54.6 Å². The quantitative estimate of drug-likeness (QED) is 0.0752. The Bertz CT molecular complexity index is 568. The summed E-state index contributed by atoms with van der Waals surface area (Å²) in [5.74, 6) is 0.999. The van der Waals surface area contributed by atoms with E-state index < -0.39 is 0 Å². The summed E-state index contributed by atoms with van der Waals surface area (Å²) in [5.41, 5.74) is 19.8. The second-order valence-corrected chi connectivity index (χ2v) is 8.52. The molecule has 0 spiro atoms. The Balaban J connectivity index is 2.15. The molecule has 23 heavy (non-hydrogen) atoms. The van der Waals surface area contributed by atoms with Gasteiger partial charge in [0.05, 0.1) is 0 Å². The minimum atomic E-state index is -0.264. The molecule has 0 bridgehead atoms. The predicted octanol–water partition coefficient (Wildman–Crippen LogP) is -2.65. The van der Waals surface area contributed by atoms with Crippen molar-refractivity contribution in [3.8, 4) is 0 Å². The molecule has 1 aromatic rings. The van der Waals surface area contributed by atoms with Gasteiger partial charge in [-0.1, -0.05) is 0 Å². The third-order valence-corrected chi connectivity index (χ3v) is 5.75. The molecule has 1 aliphatic carbocycles. The first-order valence-electron chi connectivity index (χ1n) is 8.09. The van der Waals surface area contributed by atoms with E-state index in [0.717, 1.165) is 37.2 Å². The van der Waals surface area contributed by atoms with Crippen molar-refractivity contribution in [3.63, 3.8) is 0 Å². The molecule has 6 heteroatoms. The van der Waals surface area contributed by atoms with Crippen molar-refractivity contribution in [1.82, 2.24) is 0 Å². The van der Waals surface area contributed by atoms with Crippen LogP contribution in [-0.4, -0.2) is 16.5 Å². The van der Waals surface area contributed by atoms with Crippen molar-refractivity contribution < 1.29 is 29.5 Å². The zero-order chi connectivity index (χ0) is 16.8. The maximum absolute atomic E-state index is 12.8. The molecule has 1 aliphatic rings. The molecule has 0 saturated heterocycles. The minimum absolute atomic E-state index is 0.102. The van der Waals surface area contributed by atoms with Crippen LogP contribution >= 0.6 is 0 Å². The molecular weight excluding hydrogens is 403 g/mol. The van der Waals surface area contributed by atoms with Crippen LogP contribution < -0.4 is 41.9 Å². The molecule has 0 heterocycles. The Morgan fingerprint density at radius 1 is 1.39 bits per heavy atom. The summed E-state index contributed by atoms with van der Waals surface area (Å²) in [5, 5.41) is 0. The maximum atomic E-state index is 12.8. The average Bonchev–Trinajstić information content (AvgIpc) is 2.55. The number of nitrogens with one attached hydrogen (secondary N) is 1. The van der Waals surface area contributed by atoms with E-state index in [4.69, 9.17) is 17.2 Å². The van der Waals surface area contributed by atoms with Gasteiger partial charge in [-0.05, 0) is 0 Å². The van der Waals surface area contributed by atoms with E-state index in [1.165, 1.54) is 0 Å². The van der Waals surface area contributed by atoms with Crippen LogP contribution in [0.3, 0.4) is 0 Å². The molecule has 7 N–H and O–H groups in total. The van der Waals surface area contributed by atoms with Crippen molar-refractivity contribution in [2.24, 2.45) is 23.3 Å². The van der Waals surface area contributed by atoms with Crippen LogP contribution in [0.5, 0.6) is 0 Å². The van der Waals surface area contributed by atoms with Gasteiger partial charge in [-0.3, -0.25) is 0 Å². The summed E-state index contributed by atoms with van der Waals surface area (Å²) < 4.78 is 3.84. The van der Waals surface area contributed by atoms with Crippen LogP contribution in [0.15, 0.2) is 18.2 Å². The zero-order valence-electron chi connectivity index (χ0n) is 13.6. The van der Waals surface area contributed by atoms with Gasteiger partial charge in [0.1, 0.15) is 0 Å². The molecule has 0 radical (unpaired) electrons. The number of nitrogens with two attached hydrogens (primary N) is 3. The fraction of sp³-hybridized carbons (Fsp3) is 0.529. The van der Waals surface area contributed by atoms with Crippen molar-refractivity contribution >= 4 is 17.7 Å². The van der Waals surface area contributed by atoms with Gasteiger partial charge < -0.3 is 0 Å². The first-order chi connectivity index (χ1) is 11.0. The summed E-state index contributed by atoms with van der Waals surface area (Å²) in [6.07, 6.45) is 6.02. The van der Waals surface area contributed by atoms with Gasteiger partial charge in [0.15, 0.2) is 0 Å². The Morgan fingerprint density at radius 3 is 2.74 bits per heavy atom. The Hall–Kier alpha value is -0.990. The molecule has 128 valence electrons. The number of hydrogen-bond acceptors (Lipinski definition) is 4. The summed E-state index contributed by atoms with van der Waals surface area (Å²) in [6.45, 7) is 2.25. The van der Waals surface area contributed by atoms with Gasteiger partial charge in [0, 0.05) is 0 Å². The number of rotatable bonds is 6. The normalized spacial score (nSPS) is 23.3. The summed E-state index contributed by atoms with van der Waals surface area (Å²) in [6, 6.07) is 5.28. The van der Waals surface area contributed by atoms with Gasteiger partial charge in [0.2, 0.25) is 0 Å². The second kappa shape index (κ2) is 8.75. The fourth-order valence-corrected chi connectivity index (χ4v) is 3.89. The third-order valence-electron chi connectivity index (χ3n) is 4.51. The summed E-state index contributed by atoms with van der Waals surface area (Å²) in [4.78, 5) is 12.8. The second-order valence-electron chi connectivity index (χ2n) is 6.26. The van der Waals surface area contributed by atoms with Gasteiger partial charge in [0.25, 0.3) is 0 Å². The van der Waals surface area contributed by atoms with Crippen LogP contribution in [-0.2, 0) is 0 Å². The molecule has 5 nitrogen and oxygen atoms in total. The van der Waals surface area contributed by atoms with Crippen LogP contribution in [0.25, 0.3) is 0 Å². The number of carbonyl (C=O) groups excluding carboxylic acids is 1. The van der Waals surface area contributed by atoms with Gasteiger partial charge in [-0.15, -0.1) is 0 Å². The standard InChI is InChI=1S/C17H27IN4O/c1-11-2-4-12(5-3-11)17(23)14-8-13(6-7-15(14)20)16(21)9-22-18-10-19/h6-9,11-12,16,22H,2-5,10,19-21H2,1H3. The number of benzene rings is 1. The van der Waals surface area contributed by atoms with E-state index in [2.05, 4.69) is 10.1 Å². The molecule has 1 unspecified atom stereocenters. The Labute approximate surface area is 148 Å². The fourth-order valence-electron chi connectivity index (χ4n) is 2.99. The molecule has 2 rings (SSSR count). The number of halogens is 1. The molecule has 1 aromatic carbocycles. The van der Waals surface area contributed by atoms with Crippen molar-refractivity contribution in [3.05, 3.63) is 29.3 Å². The monoisotopic (exact) mass is 430 g/mol. The van der Waals surface area contributed by atoms with Gasteiger partial charge >= 0.3 is 149 Å². The molecular formula is C17H27IN4O. The Kier molecular flexibility index (Phi) is 6.98. The third kappa shape index (κ3) is 4.99. The molecule has 0 amide bonds. The molecule has 1 saturated carbocycles. The predicted molar refractivity (Wildman–Crippen MR) is 89.3 cm³/mol. The number of nitrogen functional groups attached to an aromatic ring is 1. The molecule has 0 aromatic heterocycles. The van der Waals surface area contributed by atoms with E-state index in [1.54, 1.807) is 6.07 Å². The SMILES string of the molecule is CC1CCC(C(=O)c2cc(C(N)C=[NH+][I-]CN)ccc2N)CC1. The summed E-state index contributed by atoms with van der Waals surface area (Å²) in [7, 11) is 0. The summed E-state index contributed by atoms with van der Waals surface area (Å²) >= 11 is -0.239. The van der Waals surface area contributed by atoms with Crippen LogP contribution in [0.2, 0.25) is 0 Å². The number of ketones is 1. The number of alkyl halides is 1. The van der Waals surface area contributed by atoms with Crippen molar-refractivity contribution in [2.75, 3.05) is 10.3 Å². The van der Waals surface area contributed by atoms with Crippen LogP contribution in [0.4, 0.5) is 5.69 Å². The van der Waals surface area contributed by atoms with Crippen molar-refractivity contribution in [2.45, 2.75) is 38.6 Å². The van der Waals surface area contributed by atoms with E-state index >= 15 is 0 Å². The number of hydrogen-bond donors (Lipinski definition) is 4. The molecule has 1 atom stereocenters. The topological polar surface area (TPSA) is 109 Å². The van der Waals surface area contributed by atoms with Gasteiger partial charge in [-0.25, -0.2) is 0 Å². The van der Waals surface area contributed by atoms with Crippen molar-refractivity contribution in [1.29, 1.82) is 0 Å². The molecule has 0 aliphatic heterocycles. The van der Waals surface area contributed by atoms with E-state index in [-0.39, 0.29) is 39.2 Å². The van der Waals surface area contributed by atoms with E-state index in [0.29, 0.717) is 15.8 Å².